The number of hydrogen-bond donors (Lipinski definition) is 3. The van der Waals surface area contributed by atoms with Crippen LogP contribution in [0, 0.1) is 19.7 Å². The van der Waals surface area contributed by atoms with Crippen LogP contribution in [-0.2, 0) is 14.8 Å². The smallest absolute Gasteiger partial charge is 0.241 e. The Bertz CT molecular complexity index is 629. The van der Waals surface area contributed by atoms with Gasteiger partial charge in [-0.15, -0.1) is 0 Å². The second-order valence-electron chi connectivity index (χ2n) is 4.36. The molecule has 0 bridgehead atoms. The minimum atomic E-state index is -3.84. The van der Waals surface area contributed by atoms with E-state index in [4.69, 9.17) is 5.73 Å². The van der Waals surface area contributed by atoms with Gasteiger partial charge in [0.2, 0.25) is 15.9 Å². The first-order valence-corrected chi connectivity index (χ1v) is 7.44. The molecule has 0 aromatic heterocycles. The number of amides is 1. The van der Waals surface area contributed by atoms with Crippen molar-refractivity contribution in [2.24, 2.45) is 0 Å². The summed E-state index contributed by atoms with van der Waals surface area (Å²) in [6.45, 7) is 2.89. The van der Waals surface area contributed by atoms with Crippen LogP contribution in [0.1, 0.15) is 17.5 Å². The summed E-state index contributed by atoms with van der Waals surface area (Å²) in [6, 6.07) is 1.08. The zero-order valence-corrected chi connectivity index (χ0v) is 12.4. The molecule has 0 spiro atoms. The van der Waals surface area contributed by atoms with Crippen molar-refractivity contribution < 1.29 is 17.6 Å². The van der Waals surface area contributed by atoms with Gasteiger partial charge in [-0.25, -0.2) is 17.5 Å². The van der Waals surface area contributed by atoms with Crippen LogP contribution in [0.3, 0.4) is 0 Å². The topological polar surface area (TPSA) is 101 Å². The molecule has 0 unspecified atom stereocenters. The maximum atomic E-state index is 13.4. The molecule has 0 saturated carbocycles. The molecular formula is C12H18FN3O3S. The van der Waals surface area contributed by atoms with Crippen molar-refractivity contribution in [3.8, 4) is 0 Å². The van der Waals surface area contributed by atoms with Crippen LogP contribution in [0.25, 0.3) is 0 Å². The molecule has 1 amide bonds. The Labute approximate surface area is 117 Å². The largest absolute Gasteiger partial charge is 0.396 e. The monoisotopic (exact) mass is 303 g/mol. The maximum absolute atomic E-state index is 13.4. The zero-order chi connectivity index (χ0) is 15.5. The third kappa shape index (κ3) is 3.45. The third-order valence-corrected chi connectivity index (χ3v) is 4.64. The minimum absolute atomic E-state index is 0.0184. The van der Waals surface area contributed by atoms with Crippen molar-refractivity contribution in [3.05, 3.63) is 23.0 Å². The number of nitrogens with one attached hydrogen (secondary N) is 2. The lowest BCUT2D eigenvalue weighted by Gasteiger charge is -2.14. The summed E-state index contributed by atoms with van der Waals surface area (Å²) in [5.74, 6) is -0.927. The van der Waals surface area contributed by atoms with Gasteiger partial charge in [-0.1, -0.05) is 0 Å². The highest BCUT2D eigenvalue weighted by Crippen LogP contribution is 2.27. The number of sulfonamides is 1. The van der Waals surface area contributed by atoms with Crippen molar-refractivity contribution in [2.45, 2.75) is 25.2 Å². The van der Waals surface area contributed by atoms with Crippen LogP contribution in [0.5, 0.6) is 0 Å². The minimum Gasteiger partial charge on any atom is -0.396 e. The summed E-state index contributed by atoms with van der Waals surface area (Å²) in [5.41, 5.74) is 5.75. The summed E-state index contributed by atoms with van der Waals surface area (Å²) in [6.07, 6.45) is 0.0184. The summed E-state index contributed by atoms with van der Waals surface area (Å²) in [4.78, 5) is 11.0. The summed E-state index contributed by atoms with van der Waals surface area (Å²) >= 11 is 0. The van der Waals surface area contributed by atoms with Crippen molar-refractivity contribution in [1.82, 2.24) is 10.0 Å². The van der Waals surface area contributed by atoms with E-state index in [1.165, 1.54) is 20.9 Å². The molecule has 6 nitrogen and oxygen atoms in total. The molecule has 0 saturated heterocycles. The quantitative estimate of drug-likeness (QED) is 0.687. The van der Waals surface area contributed by atoms with E-state index < -0.39 is 15.8 Å². The fourth-order valence-corrected chi connectivity index (χ4v) is 3.35. The van der Waals surface area contributed by atoms with Crippen LogP contribution < -0.4 is 15.8 Å². The number of anilines is 1. The molecule has 0 atom stereocenters. The second-order valence-corrected chi connectivity index (χ2v) is 6.07. The molecule has 0 radical (unpaired) electrons. The molecule has 0 aliphatic rings. The number of carbonyl (C=O) groups excluding carboxylic acids is 1. The molecule has 20 heavy (non-hydrogen) atoms. The summed E-state index contributed by atoms with van der Waals surface area (Å²) in [7, 11) is -2.38. The lowest BCUT2D eigenvalue weighted by Crippen LogP contribution is -2.30. The SMILES string of the molecule is CNC(=O)CCNS(=O)(=O)c1c(C)cc(F)c(N)c1C. The Balaban J connectivity index is 3.05. The Hall–Kier alpha value is -1.67. The van der Waals surface area contributed by atoms with E-state index in [1.807, 2.05) is 0 Å². The van der Waals surface area contributed by atoms with Crippen LogP contribution in [-0.4, -0.2) is 27.9 Å². The van der Waals surface area contributed by atoms with E-state index in [-0.39, 0.29) is 40.6 Å². The van der Waals surface area contributed by atoms with E-state index >= 15 is 0 Å². The Morgan fingerprint density at radius 2 is 2.00 bits per heavy atom. The molecule has 0 aliphatic carbocycles. The molecular weight excluding hydrogens is 285 g/mol. The molecule has 1 rings (SSSR count). The normalized spacial score (nSPS) is 11.4. The molecule has 0 heterocycles. The molecule has 1 aromatic carbocycles. The van der Waals surface area contributed by atoms with Gasteiger partial charge in [-0.2, -0.15) is 0 Å². The molecule has 0 fully saturated rings. The number of halogens is 1. The molecule has 112 valence electrons. The van der Waals surface area contributed by atoms with Gasteiger partial charge in [-0.05, 0) is 31.0 Å². The summed E-state index contributed by atoms with van der Waals surface area (Å²) in [5, 5.41) is 2.39. The van der Waals surface area contributed by atoms with Crippen LogP contribution >= 0.6 is 0 Å². The number of nitrogens with two attached hydrogens (primary N) is 1. The van der Waals surface area contributed by atoms with Crippen molar-refractivity contribution >= 4 is 21.6 Å². The van der Waals surface area contributed by atoms with Gasteiger partial charge in [-0.3, -0.25) is 4.79 Å². The molecule has 4 N–H and O–H groups in total. The number of carbonyl (C=O) groups is 1. The van der Waals surface area contributed by atoms with E-state index in [2.05, 4.69) is 10.0 Å². The molecule has 0 aliphatic heterocycles. The van der Waals surface area contributed by atoms with Crippen LogP contribution in [0.15, 0.2) is 11.0 Å². The zero-order valence-electron chi connectivity index (χ0n) is 11.6. The van der Waals surface area contributed by atoms with Gasteiger partial charge >= 0.3 is 0 Å². The van der Waals surface area contributed by atoms with E-state index in [0.717, 1.165) is 6.07 Å². The number of benzene rings is 1. The van der Waals surface area contributed by atoms with E-state index in [1.54, 1.807) is 0 Å². The lowest BCUT2D eigenvalue weighted by atomic mass is 10.1. The first-order chi connectivity index (χ1) is 9.20. The number of hydrogen-bond acceptors (Lipinski definition) is 4. The summed E-state index contributed by atoms with van der Waals surface area (Å²) < 4.78 is 40.1. The Morgan fingerprint density at radius 1 is 1.40 bits per heavy atom. The average Bonchev–Trinajstić information content (AvgIpc) is 2.35. The van der Waals surface area contributed by atoms with Crippen molar-refractivity contribution in [1.29, 1.82) is 0 Å². The number of rotatable bonds is 5. The van der Waals surface area contributed by atoms with Gasteiger partial charge in [0.25, 0.3) is 0 Å². The van der Waals surface area contributed by atoms with Crippen molar-refractivity contribution in [3.63, 3.8) is 0 Å². The third-order valence-electron chi connectivity index (χ3n) is 2.89. The fourth-order valence-electron chi connectivity index (χ4n) is 1.84. The molecule has 8 heteroatoms. The highest BCUT2D eigenvalue weighted by molar-refractivity contribution is 7.89. The van der Waals surface area contributed by atoms with Crippen LogP contribution in [0.2, 0.25) is 0 Å². The average molecular weight is 303 g/mol. The van der Waals surface area contributed by atoms with Crippen LogP contribution in [0.4, 0.5) is 10.1 Å². The van der Waals surface area contributed by atoms with E-state index in [9.17, 15) is 17.6 Å². The maximum Gasteiger partial charge on any atom is 0.241 e. The highest BCUT2D eigenvalue weighted by atomic mass is 32.2. The molecule has 1 aromatic rings. The standard InChI is InChI=1S/C12H18FN3O3S/c1-7-6-9(13)11(14)8(2)12(7)20(18,19)16-5-4-10(17)15-3/h6,16H,4-5,14H2,1-3H3,(H,15,17). The number of aryl methyl sites for hydroxylation is 1. The predicted octanol–water partition coefficient (Wildman–Crippen LogP) is 0.439. The fraction of sp³-hybridized carbons (Fsp3) is 0.417. The van der Waals surface area contributed by atoms with Crippen molar-refractivity contribution in [2.75, 3.05) is 19.3 Å². The van der Waals surface area contributed by atoms with Gasteiger partial charge in [0.15, 0.2) is 0 Å². The van der Waals surface area contributed by atoms with Gasteiger partial charge in [0, 0.05) is 20.0 Å². The Kier molecular flexibility index (Phi) is 5.07. The van der Waals surface area contributed by atoms with Gasteiger partial charge < -0.3 is 11.1 Å². The first kappa shape index (κ1) is 16.4. The second kappa shape index (κ2) is 6.19. The highest BCUT2D eigenvalue weighted by Gasteiger charge is 2.22. The van der Waals surface area contributed by atoms with Gasteiger partial charge in [0.1, 0.15) is 5.82 Å². The predicted molar refractivity (Wildman–Crippen MR) is 74.2 cm³/mol. The Morgan fingerprint density at radius 3 is 2.55 bits per heavy atom. The first-order valence-electron chi connectivity index (χ1n) is 5.96. The lowest BCUT2D eigenvalue weighted by molar-refractivity contribution is -0.120. The number of nitrogen functional groups attached to an aromatic ring is 1. The van der Waals surface area contributed by atoms with E-state index in [0.29, 0.717) is 0 Å². The van der Waals surface area contributed by atoms with Gasteiger partial charge in [0.05, 0.1) is 10.6 Å².